The van der Waals surface area contributed by atoms with Crippen LogP contribution in [0.5, 0.6) is 0 Å². The van der Waals surface area contributed by atoms with E-state index in [1.54, 1.807) is 4.57 Å². The third-order valence-corrected chi connectivity index (χ3v) is 4.89. The molecule has 138 valence electrons. The summed E-state index contributed by atoms with van der Waals surface area (Å²) in [5.74, 6) is 0.803. The number of benzene rings is 1. The van der Waals surface area contributed by atoms with E-state index in [2.05, 4.69) is 4.98 Å². The van der Waals surface area contributed by atoms with Crippen molar-refractivity contribution in [1.29, 1.82) is 0 Å². The van der Waals surface area contributed by atoms with Gasteiger partial charge in [0.2, 0.25) is 0 Å². The molecule has 0 bridgehead atoms. The van der Waals surface area contributed by atoms with Crippen molar-refractivity contribution >= 4 is 22.8 Å². The van der Waals surface area contributed by atoms with E-state index in [4.69, 9.17) is 11.6 Å². The quantitative estimate of drug-likeness (QED) is 0.666. The summed E-state index contributed by atoms with van der Waals surface area (Å²) in [7, 11) is 1.83. The lowest BCUT2D eigenvalue weighted by atomic mass is 10.1. The molecule has 6 nitrogen and oxygen atoms in total. The second-order valence-corrected chi connectivity index (χ2v) is 6.82. The van der Waals surface area contributed by atoms with Crippen molar-refractivity contribution in [3.05, 3.63) is 61.5 Å². The Bertz CT molecular complexity index is 1040. The molecule has 0 aliphatic carbocycles. The predicted octanol–water partition coefficient (Wildman–Crippen LogP) is 2.77. The van der Waals surface area contributed by atoms with Crippen molar-refractivity contribution in [3.63, 3.8) is 0 Å². The van der Waals surface area contributed by atoms with Gasteiger partial charge in [0.25, 0.3) is 5.56 Å². The van der Waals surface area contributed by atoms with Gasteiger partial charge in [-0.2, -0.15) is 0 Å². The first-order chi connectivity index (χ1) is 12.5. The van der Waals surface area contributed by atoms with Crippen LogP contribution in [0.25, 0.3) is 11.2 Å². The van der Waals surface area contributed by atoms with Crippen LogP contribution in [0.4, 0.5) is 0 Å². The SMILES string of the molecule is CCCn1c(=O)n(CCc2ccc(Cl)cc2)c(=O)c2c1nc(CC)n2C. The van der Waals surface area contributed by atoms with Gasteiger partial charge < -0.3 is 4.57 Å². The van der Waals surface area contributed by atoms with Crippen molar-refractivity contribution in [1.82, 2.24) is 18.7 Å². The van der Waals surface area contributed by atoms with Crippen molar-refractivity contribution in [3.8, 4) is 0 Å². The number of nitrogens with zero attached hydrogens (tertiary/aromatic N) is 4. The van der Waals surface area contributed by atoms with Gasteiger partial charge in [-0.1, -0.05) is 37.6 Å². The minimum atomic E-state index is -0.293. The third-order valence-electron chi connectivity index (χ3n) is 4.64. The zero-order chi connectivity index (χ0) is 18.8. The zero-order valence-electron chi connectivity index (χ0n) is 15.3. The maximum Gasteiger partial charge on any atom is 0.332 e. The number of aromatic nitrogens is 4. The van der Waals surface area contributed by atoms with E-state index in [-0.39, 0.29) is 11.2 Å². The van der Waals surface area contributed by atoms with Gasteiger partial charge in [-0.25, -0.2) is 9.78 Å². The molecule has 0 atom stereocenters. The van der Waals surface area contributed by atoms with Gasteiger partial charge in [0.05, 0.1) is 0 Å². The van der Waals surface area contributed by atoms with Crippen LogP contribution >= 0.6 is 11.6 Å². The highest BCUT2D eigenvalue weighted by molar-refractivity contribution is 6.30. The third kappa shape index (κ3) is 3.21. The molecule has 0 N–H and O–H groups in total. The molecule has 2 heterocycles. The Hall–Kier alpha value is -2.34. The molecule has 0 saturated heterocycles. The smallest absolute Gasteiger partial charge is 0.325 e. The molecule has 7 heteroatoms. The fourth-order valence-corrected chi connectivity index (χ4v) is 3.36. The van der Waals surface area contributed by atoms with Gasteiger partial charge in [-0.15, -0.1) is 0 Å². The van der Waals surface area contributed by atoms with Crippen LogP contribution in [0.3, 0.4) is 0 Å². The fourth-order valence-electron chi connectivity index (χ4n) is 3.24. The number of rotatable bonds is 6. The van der Waals surface area contributed by atoms with Crippen molar-refractivity contribution in [2.75, 3.05) is 0 Å². The van der Waals surface area contributed by atoms with Gasteiger partial charge in [0.1, 0.15) is 5.82 Å². The topological polar surface area (TPSA) is 61.8 Å². The summed E-state index contributed by atoms with van der Waals surface area (Å²) >= 11 is 5.92. The summed E-state index contributed by atoms with van der Waals surface area (Å²) in [6.07, 6.45) is 2.08. The highest BCUT2D eigenvalue weighted by Gasteiger charge is 2.19. The lowest BCUT2D eigenvalue weighted by Gasteiger charge is -2.11. The molecule has 26 heavy (non-hydrogen) atoms. The lowest BCUT2D eigenvalue weighted by Crippen LogP contribution is -2.41. The Morgan fingerprint density at radius 3 is 2.35 bits per heavy atom. The van der Waals surface area contributed by atoms with Crippen molar-refractivity contribution in [2.45, 2.75) is 46.2 Å². The monoisotopic (exact) mass is 374 g/mol. The molecule has 0 aliphatic heterocycles. The van der Waals surface area contributed by atoms with Gasteiger partial charge in [0.15, 0.2) is 11.2 Å². The number of hydrogen-bond acceptors (Lipinski definition) is 3. The Labute approximate surface area is 156 Å². The van der Waals surface area contributed by atoms with Gasteiger partial charge in [0, 0.05) is 31.6 Å². The van der Waals surface area contributed by atoms with Crippen LogP contribution in [0.15, 0.2) is 33.9 Å². The molecule has 0 spiro atoms. The van der Waals surface area contributed by atoms with E-state index in [0.29, 0.717) is 42.1 Å². The molecule has 0 amide bonds. The number of halogens is 1. The largest absolute Gasteiger partial charge is 0.332 e. The van der Waals surface area contributed by atoms with Gasteiger partial charge in [-0.05, 0) is 30.5 Å². The van der Waals surface area contributed by atoms with Crippen LogP contribution < -0.4 is 11.2 Å². The summed E-state index contributed by atoms with van der Waals surface area (Å²) in [6.45, 7) is 4.86. The standard InChI is InChI=1S/C19H23ClN4O2/c1-4-11-23-17-16(22(3)15(5-2)21-17)18(25)24(19(23)26)12-10-13-6-8-14(20)9-7-13/h6-9H,4-5,10-12H2,1-3H3. The van der Waals surface area contributed by atoms with Crippen molar-refractivity contribution < 1.29 is 0 Å². The van der Waals surface area contributed by atoms with E-state index in [9.17, 15) is 9.59 Å². The van der Waals surface area contributed by atoms with E-state index < -0.39 is 0 Å². The van der Waals surface area contributed by atoms with Crippen LogP contribution in [-0.4, -0.2) is 18.7 Å². The number of aryl methyl sites for hydroxylation is 4. The molecular weight excluding hydrogens is 352 g/mol. The van der Waals surface area contributed by atoms with E-state index in [1.807, 2.05) is 49.7 Å². The van der Waals surface area contributed by atoms with E-state index in [0.717, 1.165) is 17.8 Å². The zero-order valence-corrected chi connectivity index (χ0v) is 16.1. The highest BCUT2D eigenvalue weighted by Crippen LogP contribution is 2.12. The summed E-state index contributed by atoms with van der Waals surface area (Å²) in [5.41, 5.74) is 1.44. The minimum absolute atomic E-state index is 0.277. The lowest BCUT2D eigenvalue weighted by molar-refractivity contribution is 0.560. The maximum absolute atomic E-state index is 13.0. The van der Waals surface area contributed by atoms with E-state index >= 15 is 0 Å². The molecule has 0 unspecified atom stereocenters. The molecule has 0 saturated carbocycles. The molecule has 0 radical (unpaired) electrons. The maximum atomic E-state index is 13.0. The molecular formula is C19H23ClN4O2. The average Bonchev–Trinajstić information content (AvgIpc) is 2.96. The van der Waals surface area contributed by atoms with E-state index in [1.165, 1.54) is 4.57 Å². The molecule has 2 aromatic heterocycles. The number of hydrogen-bond donors (Lipinski definition) is 0. The fraction of sp³-hybridized carbons (Fsp3) is 0.421. The first kappa shape index (κ1) is 18.5. The van der Waals surface area contributed by atoms with Crippen molar-refractivity contribution in [2.24, 2.45) is 7.05 Å². The molecule has 3 aromatic rings. The average molecular weight is 375 g/mol. The number of imidazole rings is 1. The Balaban J connectivity index is 2.12. The summed E-state index contributed by atoms with van der Waals surface area (Å²) < 4.78 is 4.76. The highest BCUT2D eigenvalue weighted by atomic mass is 35.5. The summed E-state index contributed by atoms with van der Waals surface area (Å²) in [6, 6.07) is 7.45. The second kappa shape index (κ2) is 7.50. The van der Waals surface area contributed by atoms with Crippen LogP contribution in [0.2, 0.25) is 5.02 Å². The predicted molar refractivity (Wildman–Crippen MR) is 104 cm³/mol. The molecule has 0 aliphatic rings. The van der Waals surface area contributed by atoms with Gasteiger partial charge in [-0.3, -0.25) is 13.9 Å². The van der Waals surface area contributed by atoms with Crippen LogP contribution in [0, 0.1) is 0 Å². The Kier molecular flexibility index (Phi) is 5.32. The Morgan fingerprint density at radius 1 is 1.04 bits per heavy atom. The Morgan fingerprint density at radius 2 is 1.73 bits per heavy atom. The first-order valence-corrected chi connectivity index (χ1v) is 9.29. The number of fused-ring (bicyclic) bond motifs is 1. The molecule has 3 rings (SSSR count). The summed E-state index contributed by atoms with van der Waals surface area (Å²) in [4.78, 5) is 30.5. The van der Waals surface area contributed by atoms with Crippen LogP contribution in [0.1, 0.15) is 31.7 Å². The van der Waals surface area contributed by atoms with Crippen LogP contribution in [-0.2, 0) is 33.0 Å². The van der Waals surface area contributed by atoms with Gasteiger partial charge >= 0.3 is 5.69 Å². The second-order valence-electron chi connectivity index (χ2n) is 6.38. The summed E-state index contributed by atoms with van der Waals surface area (Å²) in [5, 5.41) is 0.666. The molecule has 1 aromatic carbocycles. The molecule has 0 fully saturated rings. The normalized spacial score (nSPS) is 11.4. The first-order valence-electron chi connectivity index (χ1n) is 8.91. The minimum Gasteiger partial charge on any atom is -0.325 e.